The number of hydrogen-bond donors (Lipinski definition) is 2. The van der Waals surface area contributed by atoms with Crippen molar-refractivity contribution in [3.8, 4) is 0 Å². The second-order valence-electron chi connectivity index (χ2n) is 6.81. The normalized spacial score (nSPS) is 11.3. The third-order valence-electron chi connectivity index (χ3n) is 4.58. The number of fused-ring (bicyclic) bond motifs is 1. The molecule has 0 aliphatic carbocycles. The molecule has 0 atom stereocenters. The van der Waals surface area contributed by atoms with Gasteiger partial charge in [-0.25, -0.2) is 0 Å². The van der Waals surface area contributed by atoms with Crippen molar-refractivity contribution in [2.24, 2.45) is 0 Å². The zero-order chi connectivity index (χ0) is 19.0. The van der Waals surface area contributed by atoms with Crippen LogP contribution in [0.2, 0.25) is 0 Å². The van der Waals surface area contributed by atoms with Gasteiger partial charge < -0.3 is 19.6 Å². The Labute approximate surface area is 152 Å². The van der Waals surface area contributed by atoms with Crippen LogP contribution in [0.1, 0.15) is 41.6 Å². The number of aromatic nitrogens is 2. The Kier molecular flexibility index (Phi) is 4.59. The summed E-state index contributed by atoms with van der Waals surface area (Å²) < 4.78 is 3.81. The van der Waals surface area contributed by atoms with E-state index in [0.29, 0.717) is 17.3 Å². The molecule has 2 aromatic heterocycles. The Hall–Kier alpha value is -3.02. The second-order valence-corrected chi connectivity index (χ2v) is 6.81. The lowest BCUT2D eigenvalue weighted by Crippen LogP contribution is -2.14. The monoisotopic (exact) mass is 353 g/mol. The van der Waals surface area contributed by atoms with Gasteiger partial charge in [-0.2, -0.15) is 0 Å². The molecule has 3 aromatic rings. The molecular weight excluding hydrogens is 330 g/mol. The molecule has 0 spiro atoms. The van der Waals surface area contributed by atoms with E-state index in [9.17, 15) is 9.59 Å². The van der Waals surface area contributed by atoms with Crippen molar-refractivity contribution in [3.05, 3.63) is 53.5 Å². The predicted molar refractivity (Wildman–Crippen MR) is 102 cm³/mol. The van der Waals surface area contributed by atoms with Gasteiger partial charge in [0.05, 0.1) is 5.56 Å². The number of anilines is 1. The first kappa shape index (κ1) is 17.8. The number of rotatable bonds is 5. The maximum Gasteiger partial charge on any atom is 0.323 e. The summed E-state index contributed by atoms with van der Waals surface area (Å²) in [5, 5.41) is 12.8. The highest BCUT2D eigenvalue weighted by Crippen LogP contribution is 2.24. The lowest BCUT2D eigenvalue weighted by atomic mass is 10.2. The Bertz CT molecular complexity index is 995. The average Bonchev–Trinajstić information content (AvgIpc) is 3.07. The van der Waals surface area contributed by atoms with E-state index in [2.05, 4.69) is 23.7 Å². The molecule has 0 aliphatic heterocycles. The number of amides is 1. The molecule has 3 rings (SSSR count). The molecule has 6 heteroatoms. The quantitative estimate of drug-likeness (QED) is 0.728. The van der Waals surface area contributed by atoms with Crippen LogP contribution >= 0.6 is 0 Å². The number of carbonyl (C=O) groups is 2. The van der Waals surface area contributed by atoms with Gasteiger partial charge in [-0.15, -0.1) is 0 Å². The highest BCUT2D eigenvalue weighted by atomic mass is 16.4. The largest absolute Gasteiger partial charge is 0.480 e. The SMILES string of the molecule is Cc1cc(C(=O)Nc2ccc3c(ccn3CC(=O)O)c2)c(C)n1C(C)C. The fourth-order valence-corrected chi connectivity index (χ4v) is 3.56. The first-order valence-electron chi connectivity index (χ1n) is 8.58. The third kappa shape index (κ3) is 3.22. The van der Waals surface area contributed by atoms with Crippen LogP contribution in [-0.4, -0.2) is 26.1 Å². The van der Waals surface area contributed by atoms with E-state index in [0.717, 1.165) is 22.3 Å². The molecule has 0 fully saturated rings. The van der Waals surface area contributed by atoms with Crippen molar-refractivity contribution in [2.45, 2.75) is 40.3 Å². The van der Waals surface area contributed by atoms with Crippen molar-refractivity contribution >= 4 is 28.5 Å². The number of carbonyl (C=O) groups excluding carboxylic acids is 1. The van der Waals surface area contributed by atoms with Crippen molar-refractivity contribution in [1.29, 1.82) is 0 Å². The Morgan fingerprint density at radius 3 is 2.50 bits per heavy atom. The maximum atomic E-state index is 12.7. The van der Waals surface area contributed by atoms with Gasteiger partial charge in [0.15, 0.2) is 0 Å². The van der Waals surface area contributed by atoms with Crippen LogP contribution in [-0.2, 0) is 11.3 Å². The van der Waals surface area contributed by atoms with Gasteiger partial charge in [0.2, 0.25) is 0 Å². The summed E-state index contributed by atoms with van der Waals surface area (Å²) in [6.45, 7) is 8.06. The van der Waals surface area contributed by atoms with Crippen molar-refractivity contribution in [2.75, 3.05) is 5.32 Å². The van der Waals surface area contributed by atoms with Crippen LogP contribution in [0.15, 0.2) is 36.5 Å². The van der Waals surface area contributed by atoms with E-state index in [4.69, 9.17) is 5.11 Å². The summed E-state index contributed by atoms with van der Waals surface area (Å²) in [7, 11) is 0. The smallest absolute Gasteiger partial charge is 0.323 e. The molecule has 0 saturated heterocycles. The fourth-order valence-electron chi connectivity index (χ4n) is 3.56. The minimum absolute atomic E-state index is 0.0869. The summed E-state index contributed by atoms with van der Waals surface area (Å²) in [6, 6.07) is 9.52. The van der Waals surface area contributed by atoms with Crippen LogP contribution in [0, 0.1) is 13.8 Å². The van der Waals surface area contributed by atoms with E-state index >= 15 is 0 Å². The third-order valence-corrected chi connectivity index (χ3v) is 4.58. The Morgan fingerprint density at radius 2 is 1.88 bits per heavy atom. The molecule has 6 nitrogen and oxygen atoms in total. The van der Waals surface area contributed by atoms with E-state index in [1.54, 1.807) is 16.8 Å². The number of benzene rings is 1. The van der Waals surface area contributed by atoms with Crippen molar-refractivity contribution < 1.29 is 14.7 Å². The standard InChI is InChI=1S/C20H23N3O3/c1-12(2)23-13(3)9-17(14(23)4)20(26)21-16-5-6-18-15(10-16)7-8-22(18)11-19(24)25/h5-10,12H,11H2,1-4H3,(H,21,26)(H,24,25). The van der Waals surface area contributed by atoms with Gasteiger partial charge in [-0.3, -0.25) is 9.59 Å². The number of nitrogens with one attached hydrogen (secondary N) is 1. The van der Waals surface area contributed by atoms with Crippen LogP contribution in [0.3, 0.4) is 0 Å². The topological polar surface area (TPSA) is 76.3 Å². The van der Waals surface area contributed by atoms with Crippen LogP contribution in [0.4, 0.5) is 5.69 Å². The van der Waals surface area contributed by atoms with Crippen molar-refractivity contribution in [1.82, 2.24) is 9.13 Å². The van der Waals surface area contributed by atoms with E-state index < -0.39 is 5.97 Å². The number of carboxylic acids is 1. The zero-order valence-corrected chi connectivity index (χ0v) is 15.4. The summed E-state index contributed by atoms with van der Waals surface area (Å²) >= 11 is 0. The maximum absolute atomic E-state index is 12.7. The predicted octanol–water partition coefficient (Wildman–Crippen LogP) is 3.98. The molecule has 26 heavy (non-hydrogen) atoms. The number of aliphatic carboxylic acids is 1. The first-order chi connectivity index (χ1) is 12.3. The number of carboxylic acid groups (broad SMARTS) is 1. The average molecular weight is 353 g/mol. The van der Waals surface area contributed by atoms with Crippen molar-refractivity contribution in [3.63, 3.8) is 0 Å². The highest BCUT2D eigenvalue weighted by Gasteiger charge is 2.17. The summed E-state index contributed by atoms with van der Waals surface area (Å²) in [5.41, 5.74) is 4.18. The van der Waals surface area contributed by atoms with E-state index in [1.807, 2.05) is 38.1 Å². The molecule has 1 aromatic carbocycles. The van der Waals surface area contributed by atoms with Gasteiger partial charge in [-0.1, -0.05) is 0 Å². The van der Waals surface area contributed by atoms with Gasteiger partial charge in [0.25, 0.3) is 5.91 Å². The number of nitrogens with zero attached hydrogens (tertiary/aromatic N) is 2. The molecule has 0 bridgehead atoms. The van der Waals surface area contributed by atoms with E-state index in [1.165, 1.54) is 0 Å². The number of aryl methyl sites for hydroxylation is 1. The minimum atomic E-state index is -0.889. The van der Waals surface area contributed by atoms with Crippen LogP contribution in [0.25, 0.3) is 10.9 Å². The molecule has 0 radical (unpaired) electrons. The second kappa shape index (κ2) is 6.71. The molecule has 0 unspecified atom stereocenters. The first-order valence-corrected chi connectivity index (χ1v) is 8.58. The summed E-state index contributed by atoms with van der Waals surface area (Å²) in [4.78, 5) is 23.6. The molecule has 2 N–H and O–H groups in total. The zero-order valence-electron chi connectivity index (χ0n) is 15.4. The molecule has 1 amide bonds. The Morgan fingerprint density at radius 1 is 1.15 bits per heavy atom. The van der Waals surface area contributed by atoms with Gasteiger partial charge in [0, 0.05) is 40.2 Å². The van der Waals surface area contributed by atoms with Crippen LogP contribution in [0.5, 0.6) is 0 Å². The minimum Gasteiger partial charge on any atom is -0.480 e. The highest BCUT2D eigenvalue weighted by molar-refractivity contribution is 6.06. The van der Waals surface area contributed by atoms with Gasteiger partial charge in [-0.05, 0) is 58.0 Å². The summed E-state index contributed by atoms with van der Waals surface area (Å²) in [5.74, 6) is -1.03. The van der Waals surface area contributed by atoms with Gasteiger partial charge >= 0.3 is 5.97 Å². The number of hydrogen-bond acceptors (Lipinski definition) is 2. The van der Waals surface area contributed by atoms with Crippen LogP contribution < -0.4 is 5.32 Å². The Balaban J connectivity index is 1.86. The summed E-state index contributed by atoms with van der Waals surface area (Å²) in [6.07, 6.45) is 1.74. The van der Waals surface area contributed by atoms with Gasteiger partial charge in [0.1, 0.15) is 6.54 Å². The molecule has 0 aliphatic rings. The van der Waals surface area contributed by atoms with E-state index in [-0.39, 0.29) is 12.5 Å². The fraction of sp³-hybridized carbons (Fsp3) is 0.300. The molecule has 0 saturated carbocycles. The molecule has 136 valence electrons. The lowest BCUT2D eigenvalue weighted by Gasteiger charge is -2.13. The lowest BCUT2D eigenvalue weighted by molar-refractivity contribution is -0.137. The molecular formula is C20H23N3O3. The molecule has 2 heterocycles.